The van der Waals surface area contributed by atoms with Gasteiger partial charge in [0.2, 0.25) is 5.91 Å². The maximum absolute atomic E-state index is 13.2. The van der Waals surface area contributed by atoms with Gasteiger partial charge in [-0.3, -0.25) is 9.59 Å². The fourth-order valence-corrected chi connectivity index (χ4v) is 5.10. The number of thiazole rings is 1. The number of rotatable bonds is 5. The Morgan fingerprint density at radius 2 is 1.91 bits per heavy atom. The number of hydrogen-bond acceptors (Lipinski definition) is 6. The van der Waals surface area contributed by atoms with Gasteiger partial charge < -0.3 is 19.0 Å². The number of nitrogens with zero attached hydrogens (tertiary/aromatic N) is 2. The van der Waals surface area contributed by atoms with Gasteiger partial charge in [-0.2, -0.15) is 4.99 Å². The van der Waals surface area contributed by atoms with Gasteiger partial charge in [0.25, 0.3) is 5.91 Å². The van der Waals surface area contributed by atoms with Crippen LogP contribution in [0.25, 0.3) is 32.0 Å². The summed E-state index contributed by atoms with van der Waals surface area (Å²) in [5, 5.41) is 5.28. The second-order valence-corrected chi connectivity index (χ2v) is 8.96. The molecule has 3 aromatic carbocycles. The zero-order chi connectivity index (χ0) is 24.5. The summed E-state index contributed by atoms with van der Waals surface area (Å²) < 4.78 is 13.4. The summed E-state index contributed by atoms with van der Waals surface area (Å²) in [6.45, 7) is 2.30. The maximum atomic E-state index is 13.2. The van der Waals surface area contributed by atoms with E-state index in [0.717, 1.165) is 21.0 Å². The zero-order valence-corrected chi connectivity index (χ0v) is 19.8. The second-order valence-electron chi connectivity index (χ2n) is 7.96. The second kappa shape index (κ2) is 9.28. The lowest BCUT2D eigenvalue weighted by Gasteiger charge is -2.06. The summed E-state index contributed by atoms with van der Waals surface area (Å²) in [6.07, 6.45) is 0. The third-order valence-electron chi connectivity index (χ3n) is 5.59. The van der Waals surface area contributed by atoms with E-state index in [9.17, 15) is 14.4 Å². The van der Waals surface area contributed by atoms with Crippen LogP contribution in [0.1, 0.15) is 17.3 Å². The first-order valence-corrected chi connectivity index (χ1v) is 11.7. The number of carbonyl (C=O) groups is 2. The van der Waals surface area contributed by atoms with E-state index in [2.05, 4.69) is 10.3 Å². The molecule has 35 heavy (non-hydrogen) atoms. The fraction of sp³-hybridized carbons (Fsp3) is 0.154. The van der Waals surface area contributed by atoms with Gasteiger partial charge in [0.1, 0.15) is 11.1 Å². The van der Waals surface area contributed by atoms with E-state index in [1.807, 2.05) is 47.0 Å². The Balaban J connectivity index is 1.65. The molecule has 0 radical (unpaired) electrons. The van der Waals surface area contributed by atoms with E-state index < -0.39 is 11.5 Å². The number of aromatic nitrogens is 1. The molecule has 5 aromatic rings. The van der Waals surface area contributed by atoms with Crippen molar-refractivity contribution in [3.63, 3.8) is 0 Å². The number of methoxy groups -OCH3 is 1. The molecule has 0 saturated carbocycles. The molecular weight excluding hydrogens is 466 g/mol. The SMILES string of the molecule is COCCn1c(=NC(=O)c2cc3c(ccc4ccccc43)oc2=O)sc2cc(NC(C)=O)ccc21. The summed E-state index contributed by atoms with van der Waals surface area (Å²) in [4.78, 5) is 42.0. The Bertz CT molecular complexity index is 1750. The molecule has 9 heteroatoms. The predicted octanol–water partition coefficient (Wildman–Crippen LogP) is 4.31. The van der Waals surface area contributed by atoms with Crippen LogP contribution in [-0.4, -0.2) is 30.1 Å². The van der Waals surface area contributed by atoms with Crippen LogP contribution >= 0.6 is 11.3 Å². The molecule has 2 amide bonds. The minimum atomic E-state index is -0.737. The average Bonchev–Trinajstić information content (AvgIpc) is 3.17. The van der Waals surface area contributed by atoms with Crippen LogP contribution in [0.2, 0.25) is 0 Å². The highest BCUT2D eigenvalue weighted by molar-refractivity contribution is 7.16. The number of anilines is 1. The minimum absolute atomic E-state index is 0.136. The predicted molar refractivity (Wildman–Crippen MR) is 136 cm³/mol. The molecule has 5 rings (SSSR count). The zero-order valence-electron chi connectivity index (χ0n) is 19.0. The molecule has 0 spiro atoms. The Labute approximate surface area is 203 Å². The molecule has 0 saturated heterocycles. The van der Waals surface area contributed by atoms with Crippen LogP contribution in [0.15, 0.2) is 74.9 Å². The highest BCUT2D eigenvalue weighted by Gasteiger charge is 2.16. The normalized spacial score (nSPS) is 12.0. The molecule has 0 fully saturated rings. The van der Waals surface area contributed by atoms with Gasteiger partial charge in [0.15, 0.2) is 4.80 Å². The first kappa shape index (κ1) is 22.7. The number of fused-ring (bicyclic) bond motifs is 4. The number of hydrogen-bond donors (Lipinski definition) is 1. The number of ether oxygens (including phenoxy) is 1. The third-order valence-corrected chi connectivity index (χ3v) is 6.63. The van der Waals surface area contributed by atoms with Gasteiger partial charge in [-0.25, -0.2) is 4.79 Å². The van der Waals surface area contributed by atoms with Crippen LogP contribution in [0.4, 0.5) is 5.69 Å². The molecule has 2 aromatic heterocycles. The van der Waals surface area contributed by atoms with Crippen LogP contribution in [0, 0.1) is 0 Å². The van der Waals surface area contributed by atoms with Gasteiger partial charge in [0, 0.05) is 31.7 Å². The fourth-order valence-electron chi connectivity index (χ4n) is 4.01. The average molecular weight is 488 g/mol. The molecule has 0 atom stereocenters. The van der Waals surface area contributed by atoms with Crippen molar-refractivity contribution in [3.05, 3.63) is 81.4 Å². The van der Waals surface area contributed by atoms with E-state index in [4.69, 9.17) is 9.15 Å². The number of nitrogens with one attached hydrogen (secondary N) is 1. The van der Waals surface area contributed by atoms with E-state index in [-0.39, 0.29) is 11.5 Å². The molecular formula is C26H21N3O5S. The molecule has 0 bridgehead atoms. The summed E-state index contributed by atoms with van der Waals surface area (Å²) in [7, 11) is 1.59. The topological polar surface area (TPSA) is 103 Å². The van der Waals surface area contributed by atoms with Crippen LogP contribution in [0.5, 0.6) is 0 Å². The van der Waals surface area contributed by atoms with Crippen molar-refractivity contribution in [2.45, 2.75) is 13.5 Å². The van der Waals surface area contributed by atoms with Crippen molar-refractivity contribution in [2.75, 3.05) is 19.0 Å². The Morgan fingerprint density at radius 1 is 1.09 bits per heavy atom. The quantitative estimate of drug-likeness (QED) is 0.294. The van der Waals surface area contributed by atoms with Crippen molar-refractivity contribution in [2.24, 2.45) is 4.99 Å². The Hall–Kier alpha value is -4.08. The lowest BCUT2D eigenvalue weighted by molar-refractivity contribution is -0.114. The number of amides is 2. The van der Waals surface area contributed by atoms with Crippen molar-refractivity contribution in [1.82, 2.24) is 4.57 Å². The molecule has 0 aliphatic heterocycles. The van der Waals surface area contributed by atoms with Crippen LogP contribution in [-0.2, 0) is 16.1 Å². The van der Waals surface area contributed by atoms with Crippen LogP contribution in [0.3, 0.4) is 0 Å². The Kier molecular flexibility index (Phi) is 6.02. The maximum Gasteiger partial charge on any atom is 0.349 e. The smallest absolute Gasteiger partial charge is 0.349 e. The van der Waals surface area contributed by atoms with E-state index in [0.29, 0.717) is 34.6 Å². The van der Waals surface area contributed by atoms with Gasteiger partial charge in [-0.1, -0.05) is 41.7 Å². The summed E-state index contributed by atoms with van der Waals surface area (Å²) >= 11 is 1.29. The molecule has 0 aliphatic rings. The molecule has 1 N–H and O–H groups in total. The monoisotopic (exact) mass is 487 g/mol. The Morgan fingerprint density at radius 3 is 2.71 bits per heavy atom. The van der Waals surface area contributed by atoms with E-state index in [1.54, 1.807) is 25.3 Å². The molecule has 8 nitrogen and oxygen atoms in total. The van der Waals surface area contributed by atoms with Gasteiger partial charge in [-0.05, 0) is 41.1 Å². The van der Waals surface area contributed by atoms with Gasteiger partial charge >= 0.3 is 5.63 Å². The molecule has 2 heterocycles. The summed E-state index contributed by atoms with van der Waals surface area (Å²) in [5.74, 6) is -0.864. The van der Waals surface area contributed by atoms with E-state index in [1.165, 1.54) is 18.3 Å². The standard InChI is InChI=1S/C26H21N3O5S/c1-15(30)27-17-8-9-21-23(13-17)35-26(29(21)11-12-33-2)28-24(31)20-14-19-18-6-4-3-5-16(18)7-10-22(19)34-25(20)32/h3-10,13-14H,11-12H2,1-2H3,(H,27,30). The lowest BCUT2D eigenvalue weighted by atomic mass is 10.0. The summed E-state index contributed by atoms with van der Waals surface area (Å²) in [5.41, 5.74) is 1.02. The van der Waals surface area contributed by atoms with E-state index >= 15 is 0 Å². The summed E-state index contributed by atoms with van der Waals surface area (Å²) in [6, 6.07) is 18.3. The molecule has 0 aliphatic carbocycles. The first-order valence-electron chi connectivity index (χ1n) is 10.9. The van der Waals surface area contributed by atoms with Gasteiger partial charge in [0.05, 0.1) is 16.8 Å². The van der Waals surface area contributed by atoms with Gasteiger partial charge in [-0.15, -0.1) is 0 Å². The number of benzene rings is 3. The first-order chi connectivity index (χ1) is 16.9. The van der Waals surface area contributed by atoms with Crippen LogP contribution < -0.4 is 15.7 Å². The van der Waals surface area contributed by atoms with Crippen molar-refractivity contribution >= 4 is 60.8 Å². The van der Waals surface area contributed by atoms with Crippen molar-refractivity contribution in [1.29, 1.82) is 0 Å². The molecule has 0 unspecified atom stereocenters. The largest absolute Gasteiger partial charge is 0.422 e. The highest BCUT2D eigenvalue weighted by Crippen LogP contribution is 2.25. The van der Waals surface area contributed by atoms with Crippen molar-refractivity contribution < 1.29 is 18.7 Å². The van der Waals surface area contributed by atoms with Crippen molar-refractivity contribution in [3.8, 4) is 0 Å². The minimum Gasteiger partial charge on any atom is -0.422 e. The molecule has 176 valence electrons. The lowest BCUT2D eigenvalue weighted by Crippen LogP contribution is -2.21. The third kappa shape index (κ3) is 4.39. The number of carbonyl (C=O) groups excluding carboxylic acids is 2. The highest BCUT2D eigenvalue weighted by atomic mass is 32.1.